The van der Waals surface area contributed by atoms with Gasteiger partial charge < -0.3 is 10.1 Å². The van der Waals surface area contributed by atoms with E-state index in [4.69, 9.17) is 16.3 Å². The third-order valence-electron chi connectivity index (χ3n) is 5.08. The molecule has 1 amide bonds. The van der Waals surface area contributed by atoms with Gasteiger partial charge in [-0.1, -0.05) is 42.6 Å². The smallest absolute Gasteiger partial charge is 0.317 e. The normalized spacial score (nSPS) is 16.4. The van der Waals surface area contributed by atoms with Crippen molar-refractivity contribution < 1.29 is 23.1 Å². The zero-order valence-electron chi connectivity index (χ0n) is 15.3. The zero-order chi connectivity index (χ0) is 20.3. The van der Waals surface area contributed by atoms with E-state index in [1.807, 2.05) is 0 Å². The van der Waals surface area contributed by atoms with Crippen LogP contribution in [-0.4, -0.2) is 18.0 Å². The third-order valence-corrected chi connectivity index (χ3v) is 5.39. The summed E-state index contributed by atoms with van der Waals surface area (Å²) in [4.78, 5) is 25.3. The Morgan fingerprint density at radius 2 is 1.82 bits per heavy atom. The van der Waals surface area contributed by atoms with Crippen LogP contribution in [0.2, 0.25) is 5.02 Å². The van der Waals surface area contributed by atoms with Crippen LogP contribution in [0.15, 0.2) is 42.5 Å². The van der Waals surface area contributed by atoms with Crippen molar-refractivity contribution in [3.8, 4) is 0 Å². The number of esters is 1. The van der Waals surface area contributed by atoms with Gasteiger partial charge in [0.1, 0.15) is 11.6 Å². The van der Waals surface area contributed by atoms with Gasteiger partial charge >= 0.3 is 5.97 Å². The first-order chi connectivity index (χ1) is 13.3. The largest absolute Gasteiger partial charge is 0.452 e. The van der Waals surface area contributed by atoms with Crippen LogP contribution in [0.25, 0.3) is 0 Å². The third kappa shape index (κ3) is 4.02. The fourth-order valence-electron chi connectivity index (χ4n) is 3.56. The molecule has 0 bridgehead atoms. The number of carbonyl (C=O) groups excluding carboxylic acids is 2. The highest BCUT2D eigenvalue weighted by atomic mass is 35.5. The Hall–Kier alpha value is -2.47. The van der Waals surface area contributed by atoms with E-state index >= 15 is 0 Å². The van der Waals surface area contributed by atoms with Crippen LogP contribution in [0.5, 0.6) is 0 Å². The minimum Gasteiger partial charge on any atom is -0.452 e. The van der Waals surface area contributed by atoms with Crippen LogP contribution in [0.3, 0.4) is 0 Å². The number of benzene rings is 2. The van der Waals surface area contributed by atoms with Crippen molar-refractivity contribution in [3.05, 3.63) is 64.7 Å². The Bertz CT molecular complexity index is 897. The van der Waals surface area contributed by atoms with Crippen molar-refractivity contribution in [2.45, 2.75) is 44.1 Å². The lowest BCUT2D eigenvalue weighted by molar-refractivity contribution is -0.159. The summed E-state index contributed by atoms with van der Waals surface area (Å²) in [5.74, 6) is -2.22. The Kier molecular flexibility index (Phi) is 5.98. The zero-order valence-corrected chi connectivity index (χ0v) is 16.1. The fourth-order valence-corrected chi connectivity index (χ4v) is 3.78. The average Bonchev–Trinajstić information content (AvgIpc) is 3.15. The molecule has 1 N–H and O–H groups in total. The van der Waals surface area contributed by atoms with Gasteiger partial charge in [-0.15, -0.1) is 0 Å². The van der Waals surface area contributed by atoms with E-state index in [2.05, 4.69) is 5.32 Å². The molecule has 7 heteroatoms. The van der Waals surface area contributed by atoms with Gasteiger partial charge in [-0.25, -0.2) is 8.78 Å². The van der Waals surface area contributed by atoms with E-state index in [0.717, 1.165) is 25.0 Å². The monoisotopic (exact) mass is 407 g/mol. The average molecular weight is 408 g/mol. The summed E-state index contributed by atoms with van der Waals surface area (Å²) < 4.78 is 32.9. The van der Waals surface area contributed by atoms with Crippen LogP contribution in [-0.2, 0) is 19.7 Å². The van der Waals surface area contributed by atoms with Crippen molar-refractivity contribution in [1.29, 1.82) is 0 Å². The molecule has 28 heavy (non-hydrogen) atoms. The van der Waals surface area contributed by atoms with Gasteiger partial charge in [-0.05, 0) is 44.0 Å². The molecule has 1 aliphatic rings. The van der Waals surface area contributed by atoms with E-state index in [1.165, 1.54) is 19.1 Å². The Morgan fingerprint density at radius 1 is 1.14 bits per heavy atom. The van der Waals surface area contributed by atoms with Crippen molar-refractivity contribution >= 4 is 29.2 Å². The van der Waals surface area contributed by atoms with Gasteiger partial charge in [0.15, 0.2) is 6.10 Å². The summed E-state index contributed by atoms with van der Waals surface area (Å²) in [7, 11) is 0. The molecule has 2 aromatic rings. The van der Waals surface area contributed by atoms with Gasteiger partial charge in [0.2, 0.25) is 0 Å². The van der Waals surface area contributed by atoms with Gasteiger partial charge in [0.25, 0.3) is 5.91 Å². The molecule has 0 heterocycles. The standard InChI is InChI=1S/C21H20ClF2NO3/c1-13(19(26)25-18-9-8-14(23)12-16(18)22)28-20(27)21(10-4-5-11-21)15-6-2-3-7-17(15)24/h2-3,6-9,12-13H,4-5,10-11H2,1H3,(H,25,26)/t13-/m1/s1. The quantitative estimate of drug-likeness (QED) is 0.709. The highest BCUT2D eigenvalue weighted by Crippen LogP contribution is 2.43. The van der Waals surface area contributed by atoms with Gasteiger partial charge in [-0.3, -0.25) is 9.59 Å². The molecule has 0 spiro atoms. The highest BCUT2D eigenvalue weighted by molar-refractivity contribution is 6.33. The van der Waals surface area contributed by atoms with E-state index in [0.29, 0.717) is 18.4 Å². The minimum atomic E-state index is -1.13. The number of hydrogen-bond donors (Lipinski definition) is 1. The fraction of sp³-hybridized carbons (Fsp3) is 0.333. The second-order valence-corrected chi connectivity index (χ2v) is 7.34. The summed E-state index contributed by atoms with van der Waals surface area (Å²) in [6.07, 6.45) is 1.35. The second kappa shape index (κ2) is 8.27. The Morgan fingerprint density at radius 3 is 2.46 bits per heavy atom. The number of nitrogens with one attached hydrogen (secondary N) is 1. The van der Waals surface area contributed by atoms with Gasteiger partial charge in [0.05, 0.1) is 16.1 Å². The molecular formula is C21H20ClF2NO3. The van der Waals surface area contributed by atoms with Crippen LogP contribution in [0.1, 0.15) is 38.2 Å². The SMILES string of the molecule is C[C@@H](OC(=O)C1(c2ccccc2F)CCCC1)C(=O)Nc1ccc(F)cc1Cl. The number of carbonyl (C=O) groups is 2. The Labute approximate surface area is 166 Å². The Balaban J connectivity index is 1.75. The number of hydrogen-bond acceptors (Lipinski definition) is 3. The number of halogens is 3. The molecule has 0 aromatic heterocycles. The van der Waals surface area contributed by atoms with Crippen molar-refractivity contribution in [1.82, 2.24) is 0 Å². The summed E-state index contributed by atoms with van der Waals surface area (Å²) in [5, 5.41) is 2.54. The maximum absolute atomic E-state index is 14.4. The second-order valence-electron chi connectivity index (χ2n) is 6.93. The summed E-state index contributed by atoms with van der Waals surface area (Å²) in [5.41, 5.74) is -0.583. The number of rotatable bonds is 5. The molecule has 4 nitrogen and oxygen atoms in total. The first kappa shape index (κ1) is 20.3. The molecule has 2 aromatic carbocycles. The van der Waals surface area contributed by atoms with E-state index in [-0.39, 0.29) is 10.7 Å². The highest BCUT2D eigenvalue weighted by Gasteiger charge is 2.46. The summed E-state index contributed by atoms with van der Waals surface area (Å²) in [6, 6.07) is 9.69. The molecular weight excluding hydrogens is 388 g/mol. The molecule has 0 saturated heterocycles. The van der Waals surface area contributed by atoms with E-state index < -0.39 is 35.0 Å². The molecule has 1 aliphatic carbocycles. The van der Waals surface area contributed by atoms with Crippen molar-refractivity contribution in [2.24, 2.45) is 0 Å². The lowest BCUT2D eigenvalue weighted by Gasteiger charge is -2.29. The molecule has 1 fully saturated rings. The van der Waals surface area contributed by atoms with Crippen LogP contribution in [0, 0.1) is 11.6 Å². The number of amides is 1. The first-order valence-corrected chi connectivity index (χ1v) is 9.43. The topological polar surface area (TPSA) is 55.4 Å². The predicted molar refractivity (Wildman–Crippen MR) is 102 cm³/mol. The van der Waals surface area contributed by atoms with Crippen LogP contribution in [0.4, 0.5) is 14.5 Å². The molecule has 1 atom stereocenters. The lowest BCUT2D eigenvalue weighted by atomic mass is 9.78. The number of anilines is 1. The first-order valence-electron chi connectivity index (χ1n) is 9.05. The van der Waals surface area contributed by atoms with E-state index in [1.54, 1.807) is 18.2 Å². The molecule has 3 rings (SSSR count). The van der Waals surface area contributed by atoms with E-state index in [9.17, 15) is 18.4 Å². The number of ether oxygens (including phenoxy) is 1. The predicted octanol–water partition coefficient (Wildman–Crippen LogP) is 5.00. The van der Waals surface area contributed by atoms with Gasteiger partial charge in [0, 0.05) is 5.56 Å². The molecule has 0 radical (unpaired) electrons. The molecule has 148 valence electrons. The summed E-state index contributed by atoms with van der Waals surface area (Å²) in [6.45, 7) is 1.43. The maximum atomic E-state index is 14.4. The minimum absolute atomic E-state index is 0.0329. The molecule has 0 unspecified atom stereocenters. The summed E-state index contributed by atoms with van der Waals surface area (Å²) >= 11 is 5.90. The molecule has 1 saturated carbocycles. The van der Waals surface area contributed by atoms with Crippen molar-refractivity contribution in [3.63, 3.8) is 0 Å². The molecule has 0 aliphatic heterocycles. The van der Waals surface area contributed by atoms with Gasteiger partial charge in [-0.2, -0.15) is 0 Å². The van der Waals surface area contributed by atoms with Crippen molar-refractivity contribution in [2.75, 3.05) is 5.32 Å². The maximum Gasteiger partial charge on any atom is 0.317 e. The van der Waals surface area contributed by atoms with Crippen LogP contribution < -0.4 is 5.32 Å². The van der Waals surface area contributed by atoms with Crippen LogP contribution >= 0.6 is 11.6 Å². The lowest BCUT2D eigenvalue weighted by Crippen LogP contribution is -2.40.